The van der Waals surface area contributed by atoms with Gasteiger partial charge in [-0.25, -0.2) is 0 Å². The highest BCUT2D eigenvalue weighted by Gasteiger charge is 2.27. The summed E-state index contributed by atoms with van der Waals surface area (Å²) in [4.78, 5) is 18.0. The summed E-state index contributed by atoms with van der Waals surface area (Å²) in [5, 5.41) is 0. The number of pyridine rings is 1. The van der Waals surface area contributed by atoms with Crippen LogP contribution in [0.2, 0.25) is 0 Å². The lowest BCUT2D eigenvalue weighted by Gasteiger charge is -2.16. The zero-order chi connectivity index (χ0) is 12.1. The Bertz CT molecular complexity index is 367. The molecule has 4 nitrogen and oxygen atoms in total. The Hall–Kier alpha value is -1.42. The SMILES string of the molecule is CCOCC(=O)N1CCC(c2ccccn2)C1. The number of ether oxygens (including phenoxy) is 1. The maximum atomic E-state index is 11.8. The second kappa shape index (κ2) is 5.77. The normalized spacial score (nSPS) is 19.6. The summed E-state index contributed by atoms with van der Waals surface area (Å²) < 4.78 is 5.14. The Morgan fingerprint density at radius 2 is 2.47 bits per heavy atom. The summed E-state index contributed by atoms with van der Waals surface area (Å²) in [5.74, 6) is 0.465. The molecule has 92 valence electrons. The molecular weight excluding hydrogens is 216 g/mol. The van der Waals surface area contributed by atoms with Crippen LogP contribution < -0.4 is 0 Å². The first-order valence-electron chi connectivity index (χ1n) is 6.07. The molecule has 1 aliphatic heterocycles. The first-order chi connectivity index (χ1) is 8.31. The molecule has 0 bridgehead atoms. The number of amides is 1. The number of carbonyl (C=O) groups is 1. The largest absolute Gasteiger partial charge is 0.372 e. The Labute approximate surface area is 102 Å². The maximum absolute atomic E-state index is 11.8. The third-order valence-corrected chi connectivity index (χ3v) is 3.08. The zero-order valence-corrected chi connectivity index (χ0v) is 10.1. The molecule has 1 unspecified atom stereocenters. The molecule has 1 aliphatic rings. The van der Waals surface area contributed by atoms with Crippen LogP contribution in [0.5, 0.6) is 0 Å². The fourth-order valence-corrected chi connectivity index (χ4v) is 2.13. The van der Waals surface area contributed by atoms with Crippen molar-refractivity contribution >= 4 is 5.91 Å². The van der Waals surface area contributed by atoms with Crippen molar-refractivity contribution in [1.29, 1.82) is 0 Å². The smallest absolute Gasteiger partial charge is 0.248 e. The molecule has 0 saturated carbocycles. The minimum atomic E-state index is 0.0882. The molecule has 17 heavy (non-hydrogen) atoms. The third-order valence-electron chi connectivity index (χ3n) is 3.08. The van der Waals surface area contributed by atoms with Crippen LogP contribution in [0.3, 0.4) is 0 Å². The van der Waals surface area contributed by atoms with Crippen molar-refractivity contribution < 1.29 is 9.53 Å². The first kappa shape index (κ1) is 12.0. The molecule has 4 heteroatoms. The monoisotopic (exact) mass is 234 g/mol. The van der Waals surface area contributed by atoms with Crippen molar-refractivity contribution in [2.75, 3.05) is 26.3 Å². The lowest BCUT2D eigenvalue weighted by molar-refractivity contribution is -0.134. The molecular formula is C13H18N2O2. The van der Waals surface area contributed by atoms with Crippen LogP contribution >= 0.6 is 0 Å². The highest BCUT2D eigenvalue weighted by Crippen LogP contribution is 2.25. The number of likely N-dealkylation sites (tertiary alicyclic amines) is 1. The standard InChI is InChI=1S/C13H18N2O2/c1-2-17-10-13(16)15-8-6-11(9-15)12-5-3-4-7-14-12/h3-5,7,11H,2,6,8-10H2,1H3. The highest BCUT2D eigenvalue weighted by molar-refractivity contribution is 5.77. The van der Waals surface area contributed by atoms with Gasteiger partial charge < -0.3 is 9.64 Å². The first-order valence-corrected chi connectivity index (χ1v) is 6.07. The van der Waals surface area contributed by atoms with Gasteiger partial charge >= 0.3 is 0 Å². The van der Waals surface area contributed by atoms with Crippen LogP contribution in [-0.4, -0.2) is 42.1 Å². The molecule has 1 saturated heterocycles. The Balaban J connectivity index is 1.89. The van der Waals surface area contributed by atoms with E-state index in [-0.39, 0.29) is 12.5 Å². The van der Waals surface area contributed by atoms with Crippen LogP contribution in [0, 0.1) is 0 Å². The van der Waals surface area contributed by atoms with E-state index < -0.39 is 0 Å². The molecule has 1 amide bonds. The highest BCUT2D eigenvalue weighted by atomic mass is 16.5. The van der Waals surface area contributed by atoms with Gasteiger partial charge in [-0.2, -0.15) is 0 Å². The van der Waals surface area contributed by atoms with Gasteiger partial charge in [-0.15, -0.1) is 0 Å². The van der Waals surface area contributed by atoms with Gasteiger partial charge in [0.05, 0.1) is 0 Å². The summed E-state index contributed by atoms with van der Waals surface area (Å²) in [5.41, 5.74) is 1.08. The van der Waals surface area contributed by atoms with Gasteiger partial charge in [-0.05, 0) is 25.5 Å². The van der Waals surface area contributed by atoms with Gasteiger partial charge in [0.15, 0.2) is 0 Å². The van der Waals surface area contributed by atoms with Crippen molar-refractivity contribution in [2.24, 2.45) is 0 Å². The summed E-state index contributed by atoms with van der Waals surface area (Å²) >= 11 is 0. The van der Waals surface area contributed by atoms with Crippen LogP contribution in [0.4, 0.5) is 0 Å². The molecule has 0 N–H and O–H groups in total. The van der Waals surface area contributed by atoms with Gasteiger partial charge in [-0.3, -0.25) is 9.78 Å². The van der Waals surface area contributed by atoms with Crippen molar-refractivity contribution in [3.05, 3.63) is 30.1 Å². The minimum Gasteiger partial charge on any atom is -0.372 e. The molecule has 1 aromatic heterocycles. The van der Waals surface area contributed by atoms with E-state index in [1.54, 1.807) is 6.20 Å². The quantitative estimate of drug-likeness (QED) is 0.791. The van der Waals surface area contributed by atoms with E-state index in [1.807, 2.05) is 30.0 Å². The van der Waals surface area contributed by atoms with Crippen LogP contribution in [0.15, 0.2) is 24.4 Å². The van der Waals surface area contributed by atoms with Crippen molar-refractivity contribution in [2.45, 2.75) is 19.3 Å². The van der Waals surface area contributed by atoms with Gasteiger partial charge in [-0.1, -0.05) is 6.07 Å². The number of nitrogens with zero attached hydrogens (tertiary/aromatic N) is 2. The van der Waals surface area contributed by atoms with Crippen molar-refractivity contribution in [3.63, 3.8) is 0 Å². The zero-order valence-electron chi connectivity index (χ0n) is 10.1. The molecule has 2 rings (SSSR count). The fourth-order valence-electron chi connectivity index (χ4n) is 2.13. The summed E-state index contributed by atoms with van der Waals surface area (Å²) in [7, 11) is 0. The van der Waals surface area contributed by atoms with Gasteiger partial charge in [0.2, 0.25) is 5.91 Å². The van der Waals surface area contributed by atoms with E-state index in [2.05, 4.69) is 4.98 Å². The predicted octanol–water partition coefficient (Wildman–Crippen LogP) is 1.43. The average molecular weight is 234 g/mol. The van der Waals surface area contributed by atoms with Crippen molar-refractivity contribution in [1.82, 2.24) is 9.88 Å². The molecule has 1 aromatic rings. The number of hydrogen-bond donors (Lipinski definition) is 0. The molecule has 0 aromatic carbocycles. The maximum Gasteiger partial charge on any atom is 0.248 e. The van der Waals surface area contributed by atoms with Gasteiger partial charge in [0.25, 0.3) is 0 Å². The van der Waals surface area contributed by atoms with Crippen molar-refractivity contribution in [3.8, 4) is 0 Å². The van der Waals surface area contributed by atoms with Crippen LogP contribution in [-0.2, 0) is 9.53 Å². The molecule has 0 radical (unpaired) electrons. The third kappa shape index (κ3) is 3.03. The summed E-state index contributed by atoms with van der Waals surface area (Å²) in [6.45, 7) is 4.26. The molecule has 0 aliphatic carbocycles. The number of aromatic nitrogens is 1. The Morgan fingerprint density at radius 3 is 3.18 bits per heavy atom. The molecule has 2 heterocycles. The van der Waals surface area contributed by atoms with E-state index in [9.17, 15) is 4.79 Å². The van der Waals surface area contributed by atoms with E-state index in [0.717, 1.165) is 25.2 Å². The van der Waals surface area contributed by atoms with E-state index in [4.69, 9.17) is 4.74 Å². The second-order valence-electron chi connectivity index (χ2n) is 4.22. The number of hydrogen-bond acceptors (Lipinski definition) is 3. The van der Waals surface area contributed by atoms with Gasteiger partial charge in [0, 0.05) is 37.5 Å². The van der Waals surface area contributed by atoms with Crippen LogP contribution in [0.25, 0.3) is 0 Å². The lowest BCUT2D eigenvalue weighted by atomic mass is 10.0. The summed E-state index contributed by atoms with van der Waals surface area (Å²) in [6, 6.07) is 5.94. The predicted molar refractivity (Wildman–Crippen MR) is 64.7 cm³/mol. The van der Waals surface area contributed by atoms with Crippen LogP contribution in [0.1, 0.15) is 25.0 Å². The lowest BCUT2D eigenvalue weighted by Crippen LogP contribution is -2.31. The van der Waals surface area contributed by atoms with E-state index in [1.165, 1.54) is 0 Å². The second-order valence-corrected chi connectivity index (χ2v) is 4.22. The van der Waals surface area contributed by atoms with E-state index in [0.29, 0.717) is 12.5 Å². The Kier molecular flexibility index (Phi) is 4.09. The molecule has 0 spiro atoms. The number of carbonyl (C=O) groups excluding carboxylic acids is 1. The molecule has 1 atom stereocenters. The van der Waals surface area contributed by atoms with Gasteiger partial charge in [0.1, 0.15) is 6.61 Å². The Morgan fingerprint density at radius 1 is 1.59 bits per heavy atom. The average Bonchev–Trinajstić information content (AvgIpc) is 2.86. The molecule has 1 fully saturated rings. The minimum absolute atomic E-state index is 0.0882. The fraction of sp³-hybridized carbons (Fsp3) is 0.538. The topological polar surface area (TPSA) is 42.4 Å². The van der Waals surface area contributed by atoms with E-state index >= 15 is 0 Å². The summed E-state index contributed by atoms with van der Waals surface area (Å²) in [6.07, 6.45) is 2.80. The number of rotatable bonds is 4.